The Morgan fingerprint density at radius 3 is 2.67 bits per heavy atom. The first-order valence-corrected chi connectivity index (χ1v) is 8.19. The molecule has 1 heterocycles. The molecule has 0 aliphatic heterocycles. The number of alkyl halides is 3. The minimum absolute atomic E-state index is 0.195. The van der Waals surface area contributed by atoms with E-state index >= 15 is 0 Å². The van der Waals surface area contributed by atoms with Crippen molar-refractivity contribution in [2.75, 3.05) is 0 Å². The average Bonchev–Trinajstić information content (AvgIpc) is 2.94. The number of rotatable bonds is 4. The molecule has 0 amide bonds. The Morgan fingerprint density at radius 1 is 1.21 bits per heavy atom. The number of aromatic nitrogens is 1. The van der Waals surface area contributed by atoms with E-state index in [0.717, 1.165) is 25.0 Å². The van der Waals surface area contributed by atoms with Crippen molar-refractivity contribution in [1.29, 1.82) is 0 Å². The number of benzene rings is 1. The van der Waals surface area contributed by atoms with Crippen molar-refractivity contribution in [3.63, 3.8) is 0 Å². The number of nitrogens with zero attached hydrogens (tertiary/aromatic N) is 1. The van der Waals surface area contributed by atoms with Gasteiger partial charge < -0.3 is 9.15 Å². The predicted octanol–water partition coefficient (Wildman–Crippen LogP) is 5.52. The highest BCUT2D eigenvalue weighted by Gasteiger charge is 2.31. The van der Waals surface area contributed by atoms with Gasteiger partial charge in [-0.2, -0.15) is 13.2 Å². The van der Waals surface area contributed by atoms with Crippen molar-refractivity contribution < 1.29 is 22.3 Å². The van der Waals surface area contributed by atoms with Crippen molar-refractivity contribution in [1.82, 2.24) is 4.98 Å². The van der Waals surface area contributed by atoms with Crippen LogP contribution in [0, 0.1) is 6.92 Å². The summed E-state index contributed by atoms with van der Waals surface area (Å²) in [6.45, 7) is 2.09. The van der Waals surface area contributed by atoms with Gasteiger partial charge in [-0.25, -0.2) is 4.98 Å². The van der Waals surface area contributed by atoms with E-state index in [0.29, 0.717) is 23.6 Å². The van der Waals surface area contributed by atoms with E-state index in [4.69, 9.17) is 9.15 Å². The Kier molecular flexibility index (Phi) is 4.94. The summed E-state index contributed by atoms with van der Waals surface area (Å²) in [6, 6.07) is 5.01. The molecule has 1 aliphatic carbocycles. The molecule has 3 rings (SSSR count). The molecule has 3 nitrogen and oxygen atoms in total. The topological polar surface area (TPSA) is 35.3 Å². The maximum Gasteiger partial charge on any atom is 0.416 e. The van der Waals surface area contributed by atoms with Crippen molar-refractivity contribution in [2.45, 2.75) is 57.9 Å². The average molecular weight is 339 g/mol. The molecule has 0 spiro atoms. The zero-order chi connectivity index (χ0) is 17.2. The van der Waals surface area contributed by atoms with Gasteiger partial charge in [0.2, 0.25) is 5.89 Å². The van der Waals surface area contributed by atoms with Crippen LogP contribution in [-0.2, 0) is 17.5 Å². The molecular weight excluding hydrogens is 319 g/mol. The quantitative estimate of drug-likeness (QED) is 0.736. The number of hydrogen-bond donors (Lipinski definition) is 0. The molecule has 1 fully saturated rings. The van der Waals surface area contributed by atoms with Gasteiger partial charge in [0, 0.05) is 5.56 Å². The molecule has 0 radical (unpaired) electrons. The number of hydrogen-bond acceptors (Lipinski definition) is 3. The molecule has 6 heteroatoms. The molecule has 1 aromatic heterocycles. The van der Waals surface area contributed by atoms with E-state index in [9.17, 15) is 13.2 Å². The van der Waals surface area contributed by atoms with Crippen LogP contribution in [0.1, 0.15) is 49.1 Å². The summed E-state index contributed by atoms with van der Waals surface area (Å²) in [5.41, 5.74) is 0.251. The third kappa shape index (κ3) is 3.98. The monoisotopic (exact) mass is 339 g/mol. The fourth-order valence-corrected chi connectivity index (χ4v) is 2.94. The number of halogens is 3. The van der Waals surface area contributed by atoms with Gasteiger partial charge >= 0.3 is 6.18 Å². The van der Waals surface area contributed by atoms with Crippen LogP contribution in [0.2, 0.25) is 0 Å². The van der Waals surface area contributed by atoms with Crippen LogP contribution >= 0.6 is 0 Å². The molecule has 1 aliphatic rings. The highest BCUT2D eigenvalue weighted by Crippen LogP contribution is 2.32. The molecule has 1 aromatic carbocycles. The second-order valence-corrected chi connectivity index (χ2v) is 6.17. The third-order valence-corrected chi connectivity index (χ3v) is 4.34. The van der Waals surface area contributed by atoms with E-state index in [1.807, 2.05) is 0 Å². The lowest BCUT2D eigenvalue weighted by atomic mass is 9.98. The van der Waals surface area contributed by atoms with Crippen molar-refractivity contribution in [2.24, 2.45) is 0 Å². The maximum atomic E-state index is 12.8. The van der Waals surface area contributed by atoms with Crippen molar-refractivity contribution in [3.8, 4) is 11.5 Å². The van der Waals surface area contributed by atoms with Crippen LogP contribution in [0.3, 0.4) is 0 Å². The second-order valence-electron chi connectivity index (χ2n) is 6.17. The summed E-state index contributed by atoms with van der Waals surface area (Å²) in [4.78, 5) is 4.33. The van der Waals surface area contributed by atoms with Gasteiger partial charge in [0.05, 0.1) is 18.3 Å². The molecular formula is C18H20F3NO2. The van der Waals surface area contributed by atoms with Crippen LogP contribution < -0.4 is 0 Å². The number of oxazole rings is 1. The lowest BCUT2D eigenvalue weighted by Gasteiger charge is -2.21. The molecule has 0 N–H and O–H groups in total. The van der Waals surface area contributed by atoms with Crippen LogP contribution in [0.15, 0.2) is 28.7 Å². The first kappa shape index (κ1) is 17.0. The first-order valence-electron chi connectivity index (χ1n) is 8.19. The van der Waals surface area contributed by atoms with Crippen molar-refractivity contribution in [3.05, 3.63) is 41.3 Å². The second kappa shape index (κ2) is 6.97. The molecule has 0 saturated heterocycles. The van der Waals surface area contributed by atoms with E-state index in [-0.39, 0.29) is 12.0 Å². The molecule has 24 heavy (non-hydrogen) atoms. The fraction of sp³-hybridized carbons (Fsp3) is 0.500. The normalized spacial score (nSPS) is 16.5. The smallest absolute Gasteiger partial charge is 0.416 e. The summed E-state index contributed by atoms with van der Waals surface area (Å²) in [5, 5.41) is 0. The predicted molar refractivity (Wildman–Crippen MR) is 83.3 cm³/mol. The SMILES string of the molecule is Cc1oc(-c2cccc(C(F)(F)F)c2)nc1COC1CCCCC1. The van der Waals surface area contributed by atoms with Gasteiger partial charge in [-0.3, -0.25) is 0 Å². The standard InChI is InChI=1S/C18H20F3NO2/c1-12-16(11-23-15-8-3-2-4-9-15)22-17(24-12)13-6-5-7-14(10-13)18(19,20)21/h5-7,10,15H,2-4,8-9,11H2,1H3. The maximum absolute atomic E-state index is 12.8. The Balaban J connectivity index is 1.73. The Labute approximate surface area is 138 Å². The number of ether oxygens (including phenoxy) is 1. The Morgan fingerprint density at radius 2 is 1.96 bits per heavy atom. The lowest BCUT2D eigenvalue weighted by Crippen LogP contribution is -2.16. The van der Waals surface area contributed by atoms with Crippen LogP contribution in [0.25, 0.3) is 11.5 Å². The minimum atomic E-state index is -4.38. The summed E-state index contributed by atoms with van der Waals surface area (Å²) in [6.07, 6.45) is 1.57. The lowest BCUT2D eigenvalue weighted by molar-refractivity contribution is -0.137. The molecule has 2 aromatic rings. The number of aryl methyl sites for hydroxylation is 1. The summed E-state index contributed by atoms with van der Waals surface area (Å²) in [7, 11) is 0. The molecule has 130 valence electrons. The molecule has 1 saturated carbocycles. The Hall–Kier alpha value is -1.82. The summed E-state index contributed by atoms with van der Waals surface area (Å²) >= 11 is 0. The highest BCUT2D eigenvalue weighted by atomic mass is 19.4. The van der Waals surface area contributed by atoms with Gasteiger partial charge in [0.15, 0.2) is 0 Å². The highest BCUT2D eigenvalue weighted by molar-refractivity contribution is 5.55. The van der Waals surface area contributed by atoms with Gasteiger partial charge in [-0.15, -0.1) is 0 Å². The minimum Gasteiger partial charge on any atom is -0.441 e. The Bertz CT molecular complexity index is 688. The largest absolute Gasteiger partial charge is 0.441 e. The van der Waals surface area contributed by atoms with E-state index in [1.165, 1.54) is 25.3 Å². The zero-order valence-electron chi connectivity index (χ0n) is 13.5. The summed E-state index contributed by atoms with van der Waals surface area (Å²) in [5.74, 6) is 0.777. The fourth-order valence-electron chi connectivity index (χ4n) is 2.94. The van der Waals surface area contributed by atoms with E-state index < -0.39 is 11.7 Å². The van der Waals surface area contributed by atoms with Crippen molar-refractivity contribution >= 4 is 0 Å². The van der Waals surface area contributed by atoms with E-state index in [1.54, 1.807) is 13.0 Å². The van der Waals surface area contributed by atoms with E-state index in [2.05, 4.69) is 4.98 Å². The molecule has 0 atom stereocenters. The zero-order valence-corrected chi connectivity index (χ0v) is 13.5. The van der Waals surface area contributed by atoms with Crippen LogP contribution in [0.5, 0.6) is 0 Å². The van der Waals surface area contributed by atoms with Gasteiger partial charge in [0.1, 0.15) is 11.5 Å². The van der Waals surface area contributed by atoms with Gasteiger partial charge in [0.25, 0.3) is 0 Å². The third-order valence-electron chi connectivity index (χ3n) is 4.34. The van der Waals surface area contributed by atoms with Gasteiger partial charge in [-0.05, 0) is 38.0 Å². The van der Waals surface area contributed by atoms with Gasteiger partial charge in [-0.1, -0.05) is 25.3 Å². The first-order chi connectivity index (χ1) is 11.4. The molecule has 0 unspecified atom stereocenters. The molecule has 0 bridgehead atoms. The summed E-state index contributed by atoms with van der Waals surface area (Å²) < 4.78 is 49.9. The van der Waals surface area contributed by atoms with Crippen LogP contribution in [-0.4, -0.2) is 11.1 Å². The van der Waals surface area contributed by atoms with Crippen LogP contribution in [0.4, 0.5) is 13.2 Å².